The highest BCUT2D eigenvalue weighted by atomic mass is 79.9. The molecule has 1 saturated heterocycles. The van der Waals surface area contributed by atoms with Crippen molar-refractivity contribution < 1.29 is 12.8 Å². The van der Waals surface area contributed by atoms with Crippen molar-refractivity contribution in [3.8, 4) is 11.3 Å². The van der Waals surface area contributed by atoms with Crippen molar-refractivity contribution in [3.63, 3.8) is 0 Å². The number of hydrogen-bond acceptors (Lipinski definition) is 4. The fraction of sp³-hybridized carbons (Fsp3) is 0.471. The highest BCUT2D eigenvalue weighted by Crippen LogP contribution is 2.39. The van der Waals surface area contributed by atoms with Gasteiger partial charge in [-0.05, 0) is 40.9 Å². The van der Waals surface area contributed by atoms with Crippen LogP contribution in [0.4, 0.5) is 10.1 Å². The van der Waals surface area contributed by atoms with Gasteiger partial charge in [-0.2, -0.15) is 12.7 Å². The molecule has 1 aliphatic heterocycles. The van der Waals surface area contributed by atoms with Crippen LogP contribution in [0.3, 0.4) is 0 Å². The first kappa shape index (κ1) is 19.7. The summed E-state index contributed by atoms with van der Waals surface area (Å²) in [5, 5.41) is 0.877. The molecule has 0 atom stereocenters. The molecule has 0 spiro atoms. The Kier molecular flexibility index (Phi) is 5.45. The lowest BCUT2D eigenvalue weighted by molar-refractivity contribution is 0.482. The average Bonchev–Trinajstić information content (AvgIpc) is 3.19. The van der Waals surface area contributed by atoms with Gasteiger partial charge in [0.05, 0.1) is 20.2 Å². The Bertz CT molecular complexity index is 917. The van der Waals surface area contributed by atoms with Crippen LogP contribution in [-0.4, -0.2) is 30.8 Å². The van der Waals surface area contributed by atoms with Gasteiger partial charge in [-0.25, -0.2) is 9.37 Å². The second-order valence-corrected chi connectivity index (χ2v) is 11.3. The Balaban J connectivity index is 1.97. The van der Waals surface area contributed by atoms with Crippen molar-refractivity contribution in [2.45, 2.75) is 39.0 Å². The van der Waals surface area contributed by atoms with Crippen LogP contribution in [0.2, 0.25) is 0 Å². The van der Waals surface area contributed by atoms with E-state index in [-0.39, 0.29) is 16.7 Å². The predicted molar refractivity (Wildman–Crippen MR) is 107 cm³/mol. The van der Waals surface area contributed by atoms with E-state index in [1.54, 1.807) is 12.1 Å². The monoisotopic (exact) mass is 461 g/mol. The van der Waals surface area contributed by atoms with Crippen LogP contribution in [0.15, 0.2) is 22.0 Å². The number of nitrogens with one attached hydrogen (secondary N) is 1. The zero-order valence-electron chi connectivity index (χ0n) is 14.8. The average molecular weight is 462 g/mol. The largest absolute Gasteiger partial charge is 0.301 e. The van der Waals surface area contributed by atoms with Gasteiger partial charge in [0.1, 0.15) is 0 Å². The van der Waals surface area contributed by atoms with Crippen molar-refractivity contribution in [3.05, 3.63) is 32.8 Å². The molecule has 2 heterocycles. The highest BCUT2D eigenvalue weighted by molar-refractivity contribution is 9.11. The van der Waals surface area contributed by atoms with E-state index in [1.807, 2.05) is 20.8 Å². The number of benzene rings is 1. The molecule has 5 nitrogen and oxygen atoms in total. The molecular formula is C17H21BrFN3O2S2. The summed E-state index contributed by atoms with van der Waals surface area (Å²) in [5.74, 6) is -0.623. The van der Waals surface area contributed by atoms with E-state index in [0.29, 0.717) is 18.8 Å². The number of nitrogens with zero attached hydrogens (tertiary/aromatic N) is 2. The third-order valence-corrected chi connectivity index (χ3v) is 7.78. The number of thiazole rings is 1. The first-order chi connectivity index (χ1) is 12.1. The molecule has 0 radical (unpaired) electrons. The second-order valence-electron chi connectivity index (χ2n) is 7.27. The van der Waals surface area contributed by atoms with Crippen LogP contribution in [0.1, 0.15) is 38.6 Å². The molecule has 0 unspecified atom stereocenters. The van der Waals surface area contributed by atoms with Crippen molar-refractivity contribution >= 4 is 43.2 Å². The predicted octanol–water partition coefficient (Wildman–Crippen LogP) is 4.76. The number of rotatable bonds is 4. The Morgan fingerprint density at radius 3 is 2.50 bits per heavy atom. The molecule has 1 aliphatic rings. The summed E-state index contributed by atoms with van der Waals surface area (Å²) in [6.45, 7) is 7.05. The summed E-state index contributed by atoms with van der Waals surface area (Å²) in [6, 6.07) is 4.66. The minimum atomic E-state index is -3.75. The van der Waals surface area contributed by atoms with Crippen molar-refractivity contribution in [1.82, 2.24) is 9.29 Å². The van der Waals surface area contributed by atoms with Gasteiger partial charge in [-0.3, -0.25) is 4.72 Å². The highest BCUT2D eigenvalue weighted by Gasteiger charge is 2.27. The van der Waals surface area contributed by atoms with Gasteiger partial charge in [0.2, 0.25) is 0 Å². The Morgan fingerprint density at radius 2 is 1.92 bits per heavy atom. The summed E-state index contributed by atoms with van der Waals surface area (Å²) in [6.07, 6.45) is 1.65. The van der Waals surface area contributed by atoms with E-state index in [0.717, 1.165) is 21.6 Å². The van der Waals surface area contributed by atoms with Crippen molar-refractivity contribution in [2.24, 2.45) is 0 Å². The van der Waals surface area contributed by atoms with Crippen molar-refractivity contribution in [2.75, 3.05) is 17.8 Å². The van der Waals surface area contributed by atoms with Gasteiger partial charge in [0, 0.05) is 24.1 Å². The van der Waals surface area contributed by atoms with Crippen molar-refractivity contribution in [1.29, 1.82) is 0 Å². The number of anilines is 1. The first-order valence-corrected chi connectivity index (χ1v) is 11.4. The first-order valence-electron chi connectivity index (χ1n) is 8.33. The molecular weight excluding hydrogens is 441 g/mol. The normalized spacial score (nSPS) is 16.2. The Labute approximate surface area is 166 Å². The molecule has 0 bridgehead atoms. The molecule has 0 aliphatic carbocycles. The second kappa shape index (κ2) is 7.18. The molecule has 9 heteroatoms. The van der Waals surface area contributed by atoms with Crippen LogP contribution in [0.5, 0.6) is 0 Å². The van der Waals surface area contributed by atoms with Gasteiger partial charge >= 0.3 is 10.2 Å². The molecule has 1 aromatic carbocycles. The van der Waals surface area contributed by atoms with Gasteiger partial charge < -0.3 is 0 Å². The quantitative estimate of drug-likeness (QED) is 0.713. The van der Waals surface area contributed by atoms with E-state index >= 15 is 4.39 Å². The number of halogens is 2. The molecule has 0 amide bonds. The maximum absolute atomic E-state index is 15.1. The van der Waals surface area contributed by atoms with Crippen LogP contribution < -0.4 is 4.72 Å². The summed E-state index contributed by atoms with van der Waals surface area (Å²) < 4.78 is 44.4. The van der Waals surface area contributed by atoms with Crippen LogP contribution >= 0.6 is 27.3 Å². The van der Waals surface area contributed by atoms with Gasteiger partial charge in [0.25, 0.3) is 0 Å². The van der Waals surface area contributed by atoms with Gasteiger partial charge in [0.15, 0.2) is 5.82 Å². The van der Waals surface area contributed by atoms with E-state index in [2.05, 4.69) is 25.6 Å². The smallest absolute Gasteiger partial charge is 0.268 e. The van der Waals surface area contributed by atoms with E-state index in [4.69, 9.17) is 0 Å². The molecule has 0 saturated carbocycles. The molecule has 1 aromatic heterocycles. The van der Waals surface area contributed by atoms with Crippen LogP contribution in [0.25, 0.3) is 11.3 Å². The maximum atomic E-state index is 15.1. The number of hydrogen-bond donors (Lipinski definition) is 1. The van der Waals surface area contributed by atoms with Crippen LogP contribution in [0, 0.1) is 5.82 Å². The summed E-state index contributed by atoms with van der Waals surface area (Å²) in [4.78, 5) is 4.57. The molecule has 1 fully saturated rings. The summed E-state index contributed by atoms with van der Waals surface area (Å²) in [7, 11) is -3.75. The fourth-order valence-corrected chi connectivity index (χ4v) is 5.65. The third-order valence-electron chi connectivity index (χ3n) is 4.13. The molecule has 1 N–H and O–H groups in total. The molecule has 2 aromatic rings. The topological polar surface area (TPSA) is 62.3 Å². The minimum absolute atomic E-state index is 0.0633. The lowest BCUT2D eigenvalue weighted by Crippen LogP contribution is -2.33. The Hall–Kier alpha value is -1.03. The lowest BCUT2D eigenvalue weighted by atomic mass is 9.98. The maximum Gasteiger partial charge on any atom is 0.301 e. The molecule has 26 heavy (non-hydrogen) atoms. The summed E-state index contributed by atoms with van der Waals surface area (Å²) in [5.41, 5.74) is 0.535. The molecule has 3 rings (SSSR count). The van der Waals surface area contributed by atoms with Gasteiger partial charge in [-0.15, -0.1) is 11.3 Å². The van der Waals surface area contributed by atoms with E-state index in [1.165, 1.54) is 21.7 Å². The third kappa shape index (κ3) is 3.95. The minimum Gasteiger partial charge on any atom is -0.268 e. The van der Waals surface area contributed by atoms with Gasteiger partial charge in [-0.1, -0.05) is 26.8 Å². The number of aromatic nitrogens is 1. The zero-order chi connectivity index (χ0) is 19.1. The fourth-order valence-electron chi connectivity index (χ4n) is 2.71. The molecule has 142 valence electrons. The van der Waals surface area contributed by atoms with E-state index < -0.39 is 16.0 Å². The SMILES string of the molecule is CC(C)(C)c1nc(-c2cccc(NS(=O)(=O)N3CCCC3)c2F)c(Br)s1. The Morgan fingerprint density at radius 1 is 1.27 bits per heavy atom. The van der Waals surface area contributed by atoms with Crippen LogP contribution in [-0.2, 0) is 15.6 Å². The zero-order valence-corrected chi connectivity index (χ0v) is 18.1. The lowest BCUT2D eigenvalue weighted by Gasteiger charge is -2.17. The standard InChI is InChI=1S/C17H21BrFN3O2S2/c1-17(2,3)16-20-14(15(18)25-16)11-7-6-8-12(13(11)19)21-26(23,24)22-9-4-5-10-22/h6-8,21H,4-5,9-10H2,1-3H3. The summed E-state index contributed by atoms with van der Waals surface area (Å²) >= 11 is 4.92. The van der Waals surface area contributed by atoms with E-state index in [9.17, 15) is 8.42 Å².